The third kappa shape index (κ3) is 5.69. The number of aliphatic hydroxyl groups is 2. The molecule has 3 saturated carbocycles. The quantitative estimate of drug-likeness (QED) is 0.302. The van der Waals surface area contributed by atoms with Crippen LogP contribution in [0.5, 0.6) is 0 Å². The summed E-state index contributed by atoms with van der Waals surface area (Å²) in [5.74, 6) is 3.62. The highest BCUT2D eigenvalue weighted by Gasteiger charge is 2.50. The smallest absolute Gasteiger partial charge is 0.0809 e. The first kappa shape index (κ1) is 26.7. The number of aliphatic hydroxyl groups excluding tert-OH is 2. The lowest BCUT2D eigenvalue weighted by Gasteiger charge is -2.44. The van der Waals surface area contributed by atoms with Crippen LogP contribution in [-0.2, 0) is 0 Å². The first-order valence-electron chi connectivity index (χ1n) is 14.0. The van der Waals surface area contributed by atoms with Gasteiger partial charge in [-0.1, -0.05) is 90.7 Å². The van der Waals surface area contributed by atoms with E-state index in [-0.39, 0.29) is 11.8 Å². The van der Waals surface area contributed by atoms with Crippen LogP contribution in [-0.4, -0.2) is 22.4 Å². The molecule has 0 aliphatic heterocycles. The van der Waals surface area contributed by atoms with Crippen LogP contribution in [0.2, 0.25) is 0 Å². The molecule has 0 saturated heterocycles. The van der Waals surface area contributed by atoms with E-state index < -0.39 is 12.2 Å². The molecule has 8 atom stereocenters. The van der Waals surface area contributed by atoms with E-state index in [0.29, 0.717) is 23.3 Å². The monoisotopic (exact) mass is 456 g/mol. The second kappa shape index (κ2) is 11.3. The second-order valence-electron chi connectivity index (χ2n) is 12.5. The Morgan fingerprint density at radius 2 is 1.79 bits per heavy atom. The van der Waals surface area contributed by atoms with Crippen molar-refractivity contribution >= 4 is 0 Å². The Kier molecular flexibility index (Phi) is 9.12. The lowest BCUT2D eigenvalue weighted by atomic mass is 9.60. The molecular formula is C31H52O2. The second-order valence-corrected chi connectivity index (χ2v) is 12.5. The number of rotatable bonds is 7. The van der Waals surface area contributed by atoms with Crippen molar-refractivity contribution in [3.63, 3.8) is 0 Å². The Morgan fingerprint density at radius 1 is 1.09 bits per heavy atom. The Morgan fingerprint density at radius 3 is 2.45 bits per heavy atom. The van der Waals surface area contributed by atoms with E-state index in [2.05, 4.69) is 60.3 Å². The molecular weight excluding hydrogens is 404 g/mol. The summed E-state index contributed by atoms with van der Waals surface area (Å²) in [7, 11) is 0. The summed E-state index contributed by atoms with van der Waals surface area (Å²) in [6.07, 6.45) is 15.8. The fraction of sp³-hybridized carbons (Fsp3) is 0.806. The van der Waals surface area contributed by atoms with Gasteiger partial charge < -0.3 is 10.2 Å². The molecule has 188 valence electrons. The number of fused-ring (bicyclic) bond motifs is 1. The fourth-order valence-corrected chi connectivity index (χ4v) is 7.83. The molecule has 2 N–H and O–H groups in total. The molecule has 3 rings (SSSR count). The van der Waals surface area contributed by atoms with Gasteiger partial charge in [-0.3, -0.25) is 0 Å². The Bertz CT molecular complexity index is 731. The number of hydrogen-bond acceptors (Lipinski definition) is 2. The summed E-state index contributed by atoms with van der Waals surface area (Å²) in [5, 5.41) is 21.4. The summed E-state index contributed by atoms with van der Waals surface area (Å²) >= 11 is 0. The minimum absolute atomic E-state index is 0.137. The van der Waals surface area contributed by atoms with Crippen LogP contribution in [0.1, 0.15) is 106 Å². The minimum Gasteiger partial charge on any atom is -0.388 e. The molecule has 0 aromatic rings. The largest absolute Gasteiger partial charge is 0.388 e. The molecule has 0 aromatic carbocycles. The maximum absolute atomic E-state index is 10.7. The van der Waals surface area contributed by atoms with Crippen molar-refractivity contribution in [2.75, 3.05) is 0 Å². The number of hydrogen-bond donors (Lipinski definition) is 2. The Hall–Kier alpha value is -0.860. The summed E-state index contributed by atoms with van der Waals surface area (Å²) in [4.78, 5) is 0. The summed E-state index contributed by atoms with van der Waals surface area (Å²) in [6, 6.07) is 0. The SMILES string of the molecule is C=C1[C@H](O)C/C(=C/C=C2\CCC[C@]3(C)[C@@H]([C@@H](C)CCCC(C)C)CC[C@@H]23)C(C)C(CC)[C@H]1O. The average Bonchev–Trinajstić information content (AvgIpc) is 3.10. The van der Waals surface area contributed by atoms with E-state index in [0.717, 1.165) is 24.2 Å². The van der Waals surface area contributed by atoms with Gasteiger partial charge in [-0.25, -0.2) is 0 Å². The Balaban J connectivity index is 1.78. The van der Waals surface area contributed by atoms with Crippen molar-refractivity contribution < 1.29 is 10.2 Å². The molecule has 0 heterocycles. The highest BCUT2D eigenvalue weighted by Crippen LogP contribution is 2.60. The third-order valence-electron chi connectivity index (χ3n) is 10.0. The number of allylic oxidation sites excluding steroid dienone is 3. The van der Waals surface area contributed by atoms with Gasteiger partial charge in [-0.2, -0.15) is 0 Å². The van der Waals surface area contributed by atoms with Crippen LogP contribution < -0.4 is 0 Å². The zero-order valence-electron chi connectivity index (χ0n) is 22.4. The topological polar surface area (TPSA) is 40.5 Å². The van der Waals surface area contributed by atoms with E-state index in [1.165, 1.54) is 56.9 Å². The fourth-order valence-electron chi connectivity index (χ4n) is 7.83. The summed E-state index contributed by atoms with van der Waals surface area (Å²) in [6.45, 7) is 18.2. The molecule has 2 heteroatoms. The molecule has 0 radical (unpaired) electrons. The van der Waals surface area contributed by atoms with Crippen molar-refractivity contribution in [1.82, 2.24) is 0 Å². The van der Waals surface area contributed by atoms with Crippen molar-refractivity contribution in [3.05, 3.63) is 35.5 Å². The standard InChI is InChI=1S/C31H52O2/c1-8-26-22(5)25(19-29(32)23(6)30(26)33)15-14-24-13-10-18-31(7)27(16-17-28(24)31)21(4)12-9-11-20(2)3/h14-15,20-22,26-30,32-33H,6,8-13,16-19H2,1-5,7H3/b24-14+,25-15-/t21-,22?,26?,27+,28-,29+,30-,31+/m0/s1. The van der Waals surface area contributed by atoms with Crippen LogP contribution in [0.3, 0.4) is 0 Å². The molecule has 0 amide bonds. The van der Waals surface area contributed by atoms with Crippen molar-refractivity contribution in [2.45, 2.75) is 118 Å². The van der Waals surface area contributed by atoms with E-state index >= 15 is 0 Å². The van der Waals surface area contributed by atoms with Gasteiger partial charge in [0, 0.05) is 0 Å². The van der Waals surface area contributed by atoms with Crippen LogP contribution >= 0.6 is 0 Å². The van der Waals surface area contributed by atoms with Gasteiger partial charge in [0.1, 0.15) is 0 Å². The van der Waals surface area contributed by atoms with E-state index in [1.54, 1.807) is 5.57 Å². The maximum atomic E-state index is 10.7. The van der Waals surface area contributed by atoms with Crippen molar-refractivity contribution in [2.24, 2.45) is 40.9 Å². The van der Waals surface area contributed by atoms with Crippen LogP contribution in [0, 0.1) is 40.9 Å². The zero-order chi connectivity index (χ0) is 24.3. The molecule has 0 bridgehead atoms. The Labute approximate surface area is 204 Å². The summed E-state index contributed by atoms with van der Waals surface area (Å²) in [5.41, 5.74) is 3.97. The predicted octanol–water partition coefficient (Wildman–Crippen LogP) is 7.86. The van der Waals surface area contributed by atoms with Gasteiger partial charge >= 0.3 is 0 Å². The van der Waals surface area contributed by atoms with Crippen molar-refractivity contribution in [3.8, 4) is 0 Å². The van der Waals surface area contributed by atoms with Crippen LogP contribution in [0.25, 0.3) is 0 Å². The highest BCUT2D eigenvalue weighted by atomic mass is 16.3. The molecule has 3 fully saturated rings. The molecule has 0 spiro atoms. The van der Waals surface area contributed by atoms with Gasteiger partial charge in [0.15, 0.2) is 0 Å². The molecule has 0 aromatic heterocycles. The molecule has 3 aliphatic carbocycles. The molecule has 2 unspecified atom stereocenters. The van der Waals surface area contributed by atoms with Crippen LogP contribution in [0.4, 0.5) is 0 Å². The van der Waals surface area contributed by atoms with E-state index in [1.807, 2.05) is 0 Å². The zero-order valence-corrected chi connectivity index (χ0v) is 22.4. The lowest BCUT2D eigenvalue weighted by Crippen LogP contribution is -2.36. The van der Waals surface area contributed by atoms with Gasteiger partial charge in [-0.15, -0.1) is 0 Å². The molecule has 2 nitrogen and oxygen atoms in total. The van der Waals surface area contributed by atoms with E-state index in [9.17, 15) is 10.2 Å². The van der Waals surface area contributed by atoms with Crippen LogP contribution in [0.15, 0.2) is 35.5 Å². The van der Waals surface area contributed by atoms with Gasteiger partial charge in [0.25, 0.3) is 0 Å². The highest BCUT2D eigenvalue weighted by molar-refractivity contribution is 5.29. The predicted molar refractivity (Wildman–Crippen MR) is 141 cm³/mol. The average molecular weight is 457 g/mol. The first-order chi connectivity index (χ1) is 15.6. The lowest BCUT2D eigenvalue weighted by molar-refractivity contribution is 0.0929. The van der Waals surface area contributed by atoms with Gasteiger partial charge in [0.05, 0.1) is 12.2 Å². The third-order valence-corrected chi connectivity index (χ3v) is 10.0. The van der Waals surface area contributed by atoms with E-state index in [4.69, 9.17) is 0 Å². The van der Waals surface area contributed by atoms with Gasteiger partial charge in [-0.05, 0) is 91.4 Å². The molecule has 33 heavy (non-hydrogen) atoms. The normalized spacial score (nSPS) is 40.9. The summed E-state index contributed by atoms with van der Waals surface area (Å²) < 4.78 is 0. The first-order valence-corrected chi connectivity index (χ1v) is 14.0. The maximum Gasteiger partial charge on any atom is 0.0809 e. The molecule has 3 aliphatic rings. The van der Waals surface area contributed by atoms with Crippen molar-refractivity contribution in [1.29, 1.82) is 0 Å². The minimum atomic E-state index is -0.636. The van der Waals surface area contributed by atoms with Gasteiger partial charge in [0.2, 0.25) is 0 Å².